The van der Waals surface area contributed by atoms with E-state index in [4.69, 9.17) is 9.15 Å². The minimum Gasteiger partial charge on any atom is -0.465 e. The summed E-state index contributed by atoms with van der Waals surface area (Å²) in [5.41, 5.74) is 1.65. The molecule has 1 saturated heterocycles. The number of fused-ring (bicyclic) bond motifs is 1. The minimum absolute atomic E-state index is 0.0542. The molecule has 0 N–H and O–H groups in total. The molecule has 0 amide bonds. The van der Waals surface area contributed by atoms with Crippen LogP contribution in [0.1, 0.15) is 12.5 Å². The van der Waals surface area contributed by atoms with Crippen molar-refractivity contribution in [2.45, 2.75) is 24.9 Å². The van der Waals surface area contributed by atoms with Crippen molar-refractivity contribution in [1.82, 2.24) is 13.8 Å². The second-order valence-electron chi connectivity index (χ2n) is 7.55. The van der Waals surface area contributed by atoms with Crippen LogP contribution in [-0.2, 0) is 32.6 Å². The van der Waals surface area contributed by atoms with Gasteiger partial charge in [0.2, 0.25) is 10.0 Å². The quantitative estimate of drug-likeness (QED) is 0.495. The predicted molar refractivity (Wildman–Crippen MR) is 118 cm³/mol. The van der Waals surface area contributed by atoms with Gasteiger partial charge in [0.05, 0.1) is 17.0 Å². The number of hydrogen-bond donors (Lipinski definition) is 0. The number of carbonyl (C=O) groups is 1. The van der Waals surface area contributed by atoms with Gasteiger partial charge in [-0.05, 0) is 24.6 Å². The van der Waals surface area contributed by atoms with Crippen LogP contribution in [0.5, 0.6) is 0 Å². The van der Waals surface area contributed by atoms with E-state index < -0.39 is 21.7 Å². The molecule has 0 aliphatic carbocycles. The van der Waals surface area contributed by atoms with Crippen LogP contribution in [0.2, 0.25) is 0 Å². The van der Waals surface area contributed by atoms with Crippen LogP contribution in [0.3, 0.4) is 0 Å². The Labute approximate surface area is 185 Å². The summed E-state index contributed by atoms with van der Waals surface area (Å²) < 4.78 is 39.0. The molecule has 2 heterocycles. The van der Waals surface area contributed by atoms with E-state index in [1.807, 2.05) is 18.2 Å². The van der Waals surface area contributed by atoms with E-state index in [0.29, 0.717) is 31.7 Å². The molecular formula is C22H25N3O6S. The Bertz CT molecular complexity index is 1260. The van der Waals surface area contributed by atoms with Crippen molar-refractivity contribution in [3.05, 3.63) is 64.6 Å². The second-order valence-corrected chi connectivity index (χ2v) is 9.49. The lowest BCUT2D eigenvalue weighted by atomic mass is 10.2. The number of benzene rings is 2. The minimum atomic E-state index is -3.74. The Hall–Kier alpha value is -2.95. The summed E-state index contributed by atoms with van der Waals surface area (Å²) in [5.74, 6) is -1.31. The summed E-state index contributed by atoms with van der Waals surface area (Å²) in [5, 5.41) is 0. The van der Waals surface area contributed by atoms with Gasteiger partial charge in [-0.15, -0.1) is 0 Å². The normalized spacial score (nSPS) is 15.8. The SMILES string of the molecule is CCOC(=O)Cn1c(=O)oc2cc(S(=O)(=O)N3CCN(Cc4ccccc4)CC3)ccc21. The van der Waals surface area contributed by atoms with Gasteiger partial charge in [-0.2, -0.15) is 4.31 Å². The third-order valence-electron chi connectivity index (χ3n) is 5.45. The van der Waals surface area contributed by atoms with Crippen molar-refractivity contribution in [1.29, 1.82) is 0 Å². The fraction of sp³-hybridized carbons (Fsp3) is 0.364. The van der Waals surface area contributed by atoms with E-state index in [-0.39, 0.29) is 23.6 Å². The molecule has 10 heteroatoms. The number of sulfonamides is 1. The van der Waals surface area contributed by atoms with Gasteiger partial charge in [0.15, 0.2) is 5.58 Å². The summed E-state index contributed by atoms with van der Waals surface area (Å²) >= 11 is 0. The van der Waals surface area contributed by atoms with E-state index in [1.54, 1.807) is 6.92 Å². The van der Waals surface area contributed by atoms with Crippen LogP contribution in [0.25, 0.3) is 11.1 Å². The highest BCUT2D eigenvalue weighted by atomic mass is 32.2. The average Bonchev–Trinajstić information content (AvgIpc) is 3.09. The topological polar surface area (TPSA) is 102 Å². The first-order chi connectivity index (χ1) is 15.4. The number of carbonyl (C=O) groups excluding carboxylic acids is 1. The Morgan fingerprint density at radius 2 is 1.78 bits per heavy atom. The van der Waals surface area contributed by atoms with Crippen molar-refractivity contribution in [2.24, 2.45) is 0 Å². The monoisotopic (exact) mass is 459 g/mol. The summed E-state index contributed by atoms with van der Waals surface area (Å²) in [6, 6.07) is 14.3. The van der Waals surface area contributed by atoms with Crippen molar-refractivity contribution in [3.8, 4) is 0 Å². The molecule has 1 aliphatic heterocycles. The number of aromatic nitrogens is 1. The molecule has 0 atom stereocenters. The molecule has 0 spiro atoms. The smallest absolute Gasteiger partial charge is 0.420 e. The Kier molecular flexibility index (Phi) is 6.45. The molecule has 2 aromatic carbocycles. The number of nitrogens with zero attached hydrogens (tertiary/aromatic N) is 3. The first-order valence-electron chi connectivity index (χ1n) is 10.4. The van der Waals surface area contributed by atoms with Gasteiger partial charge in [0.1, 0.15) is 6.54 Å². The standard InChI is InChI=1S/C22H25N3O6S/c1-2-30-21(26)16-25-19-9-8-18(14-20(19)31-22(25)27)32(28,29)24-12-10-23(11-13-24)15-17-6-4-3-5-7-17/h3-9,14H,2,10-13,15-16H2,1H3. The van der Waals surface area contributed by atoms with Crippen LogP contribution in [-0.4, -0.2) is 60.9 Å². The average molecular weight is 460 g/mol. The van der Waals surface area contributed by atoms with Gasteiger partial charge in [-0.25, -0.2) is 13.2 Å². The van der Waals surface area contributed by atoms with Crippen LogP contribution in [0.15, 0.2) is 62.6 Å². The molecule has 0 unspecified atom stereocenters. The van der Waals surface area contributed by atoms with E-state index in [9.17, 15) is 18.0 Å². The maximum absolute atomic E-state index is 13.2. The van der Waals surface area contributed by atoms with Crippen LogP contribution in [0, 0.1) is 0 Å². The lowest BCUT2D eigenvalue weighted by Gasteiger charge is -2.34. The first kappa shape index (κ1) is 22.3. The summed E-state index contributed by atoms with van der Waals surface area (Å²) in [6.45, 7) is 4.36. The van der Waals surface area contributed by atoms with Gasteiger partial charge in [0.25, 0.3) is 0 Å². The molecule has 170 valence electrons. The zero-order chi connectivity index (χ0) is 22.7. The van der Waals surface area contributed by atoms with Crippen molar-refractivity contribution < 1.29 is 22.4 Å². The molecule has 1 fully saturated rings. The Morgan fingerprint density at radius 3 is 2.47 bits per heavy atom. The molecule has 9 nitrogen and oxygen atoms in total. The maximum atomic E-state index is 13.2. The molecule has 1 aromatic heterocycles. The summed E-state index contributed by atoms with van der Waals surface area (Å²) in [7, 11) is -3.74. The van der Waals surface area contributed by atoms with Crippen molar-refractivity contribution >= 4 is 27.1 Å². The lowest BCUT2D eigenvalue weighted by Crippen LogP contribution is -2.48. The maximum Gasteiger partial charge on any atom is 0.420 e. The molecule has 0 radical (unpaired) electrons. The third-order valence-corrected chi connectivity index (χ3v) is 7.34. The van der Waals surface area contributed by atoms with Crippen LogP contribution >= 0.6 is 0 Å². The molecule has 32 heavy (non-hydrogen) atoms. The molecule has 4 rings (SSSR count). The largest absolute Gasteiger partial charge is 0.465 e. The number of hydrogen-bond acceptors (Lipinski definition) is 7. The molecule has 0 saturated carbocycles. The van der Waals surface area contributed by atoms with Crippen molar-refractivity contribution in [2.75, 3.05) is 32.8 Å². The molecule has 0 bridgehead atoms. The first-order valence-corrected chi connectivity index (χ1v) is 11.9. The van der Waals surface area contributed by atoms with Gasteiger partial charge < -0.3 is 9.15 Å². The highest BCUT2D eigenvalue weighted by Gasteiger charge is 2.29. The number of esters is 1. The number of oxazole rings is 1. The zero-order valence-electron chi connectivity index (χ0n) is 17.8. The fourth-order valence-electron chi connectivity index (χ4n) is 3.81. The summed E-state index contributed by atoms with van der Waals surface area (Å²) in [6.07, 6.45) is 0. The number of piperazine rings is 1. The van der Waals surface area contributed by atoms with Crippen molar-refractivity contribution in [3.63, 3.8) is 0 Å². The number of rotatable bonds is 7. The van der Waals surface area contributed by atoms with Gasteiger partial charge >= 0.3 is 11.7 Å². The third kappa shape index (κ3) is 4.62. The predicted octanol–water partition coefficient (Wildman–Crippen LogP) is 1.66. The Morgan fingerprint density at radius 1 is 1.06 bits per heavy atom. The molecular weight excluding hydrogens is 434 g/mol. The fourth-order valence-corrected chi connectivity index (χ4v) is 5.25. The number of ether oxygens (including phenoxy) is 1. The zero-order valence-corrected chi connectivity index (χ0v) is 18.6. The van der Waals surface area contributed by atoms with Crippen LogP contribution in [0.4, 0.5) is 0 Å². The summed E-state index contributed by atoms with van der Waals surface area (Å²) in [4.78, 5) is 26.2. The van der Waals surface area contributed by atoms with Gasteiger partial charge in [-0.1, -0.05) is 30.3 Å². The van der Waals surface area contributed by atoms with Crippen LogP contribution < -0.4 is 5.76 Å². The molecule has 1 aliphatic rings. The van der Waals surface area contributed by atoms with E-state index >= 15 is 0 Å². The second kappa shape index (κ2) is 9.27. The van der Waals surface area contributed by atoms with E-state index in [0.717, 1.165) is 11.1 Å². The highest BCUT2D eigenvalue weighted by Crippen LogP contribution is 2.23. The molecule has 3 aromatic rings. The van der Waals surface area contributed by atoms with Gasteiger partial charge in [0, 0.05) is 38.8 Å². The lowest BCUT2D eigenvalue weighted by molar-refractivity contribution is -0.143. The Balaban J connectivity index is 1.48. The van der Waals surface area contributed by atoms with E-state index in [1.165, 1.54) is 28.1 Å². The van der Waals surface area contributed by atoms with Gasteiger partial charge in [-0.3, -0.25) is 14.3 Å². The van der Waals surface area contributed by atoms with E-state index in [2.05, 4.69) is 17.0 Å². The highest BCUT2D eigenvalue weighted by molar-refractivity contribution is 7.89.